The Kier molecular flexibility index (Phi) is 11.5. The molecule has 0 aliphatic heterocycles. The molecule has 0 radical (unpaired) electrons. The van der Waals surface area contributed by atoms with Crippen LogP contribution in [0.4, 0.5) is 4.79 Å². The number of nitriles is 1. The molecule has 0 spiro atoms. The summed E-state index contributed by atoms with van der Waals surface area (Å²) in [7, 11) is 0. The van der Waals surface area contributed by atoms with Crippen molar-refractivity contribution < 1.29 is 9.53 Å². The van der Waals surface area contributed by atoms with E-state index < -0.39 is 0 Å². The Hall–Kier alpha value is -1.98. The highest BCUT2D eigenvalue weighted by Crippen LogP contribution is 2.35. The molecule has 1 aromatic carbocycles. The number of carbonyl (C=O) groups is 1. The summed E-state index contributed by atoms with van der Waals surface area (Å²) in [5.41, 5.74) is 5.06. The number of hydrogen-bond donors (Lipinski definition) is 1. The maximum Gasteiger partial charge on any atom is 0.329 e. The van der Waals surface area contributed by atoms with E-state index in [1.165, 1.54) is 10.9 Å². The summed E-state index contributed by atoms with van der Waals surface area (Å²) in [5, 5.41) is 9.12. The fraction of sp³-hybridized carbons (Fsp3) is 0.421. The number of imidazole rings is 1. The van der Waals surface area contributed by atoms with Gasteiger partial charge in [-0.15, -0.1) is 0 Å². The van der Waals surface area contributed by atoms with E-state index in [4.69, 9.17) is 50.5 Å². The van der Waals surface area contributed by atoms with Gasteiger partial charge in [-0.1, -0.05) is 41.7 Å². The van der Waals surface area contributed by atoms with Crippen LogP contribution >= 0.6 is 34.8 Å². The summed E-state index contributed by atoms with van der Waals surface area (Å²) in [6, 6.07) is 4.96. The van der Waals surface area contributed by atoms with Crippen LogP contribution in [-0.2, 0) is 0 Å². The lowest BCUT2D eigenvalue weighted by Gasteiger charge is -2.22. The maximum atomic E-state index is 12.3. The number of carbonyl (C=O) groups excluding carboxylic acids is 1. The molecule has 7 nitrogen and oxygen atoms in total. The third kappa shape index (κ3) is 8.50. The summed E-state index contributed by atoms with van der Waals surface area (Å²) >= 11 is 18.0. The number of aromatic nitrogens is 2. The predicted molar refractivity (Wildman–Crippen MR) is 116 cm³/mol. The predicted octanol–water partition coefficient (Wildman–Crippen LogP) is 4.71. The third-order valence-electron chi connectivity index (χ3n) is 3.63. The number of benzene rings is 1. The summed E-state index contributed by atoms with van der Waals surface area (Å²) in [4.78, 5) is 17.9. The molecule has 2 N–H and O–H groups in total. The Morgan fingerprint density at radius 1 is 1.34 bits per heavy atom. The van der Waals surface area contributed by atoms with Crippen molar-refractivity contribution in [2.24, 2.45) is 11.7 Å². The molecule has 0 saturated heterocycles. The molecule has 0 aliphatic carbocycles. The number of rotatable bonds is 7. The molecule has 0 bridgehead atoms. The van der Waals surface area contributed by atoms with Crippen LogP contribution in [0.25, 0.3) is 0 Å². The lowest BCUT2D eigenvalue weighted by Crippen LogP contribution is -2.37. The largest absolute Gasteiger partial charge is 0.489 e. The van der Waals surface area contributed by atoms with Gasteiger partial charge in [0.15, 0.2) is 5.75 Å². The highest BCUT2D eigenvalue weighted by Gasteiger charge is 2.15. The molecule has 1 unspecified atom stereocenters. The SMILES string of the molecule is CC(C#N)CN.CCCN(CCOc1c(Cl)cc(Cl)cc1Cl)C(=O)n1ccnc1. The van der Waals surface area contributed by atoms with E-state index in [1.807, 2.05) is 13.0 Å². The van der Waals surface area contributed by atoms with Gasteiger partial charge in [-0.25, -0.2) is 9.78 Å². The minimum absolute atomic E-state index is 0.0185. The van der Waals surface area contributed by atoms with Crippen molar-refractivity contribution in [2.45, 2.75) is 20.3 Å². The van der Waals surface area contributed by atoms with Crippen molar-refractivity contribution in [1.82, 2.24) is 14.5 Å². The van der Waals surface area contributed by atoms with Crippen LogP contribution in [-0.4, -0.2) is 46.7 Å². The van der Waals surface area contributed by atoms with Gasteiger partial charge in [0.25, 0.3) is 0 Å². The van der Waals surface area contributed by atoms with Crippen LogP contribution in [0, 0.1) is 17.2 Å². The Balaban J connectivity index is 0.000000612. The number of halogens is 3. The average Bonchev–Trinajstić information content (AvgIpc) is 3.23. The average molecular weight is 461 g/mol. The molecule has 1 atom stereocenters. The first kappa shape index (κ1) is 25.1. The van der Waals surface area contributed by atoms with Gasteiger partial charge in [-0.2, -0.15) is 5.26 Å². The van der Waals surface area contributed by atoms with Gasteiger partial charge in [0.05, 0.1) is 28.6 Å². The Bertz CT molecular complexity index is 786. The second kappa shape index (κ2) is 13.3. The third-order valence-corrected chi connectivity index (χ3v) is 4.41. The lowest BCUT2D eigenvalue weighted by molar-refractivity contribution is 0.184. The van der Waals surface area contributed by atoms with E-state index >= 15 is 0 Å². The quantitative estimate of drug-likeness (QED) is 0.645. The van der Waals surface area contributed by atoms with E-state index in [1.54, 1.807) is 36.4 Å². The van der Waals surface area contributed by atoms with Crippen LogP contribution < -0.4 is 10.5 Å². The number of nitrogens with two attached hydrogens (primary N) is 1. The fourth-order valence-corrected chi connectivity index (χ4v) is 3.01. The zero-order valence-corrected chi connectivity index (χ0v) is 18.6. The zero-order chi connectivity index (χ0) is 21.8. The molecule has 1 amide bonds. The minimum Gasteiger partial charge on any atom is -0.489 e. The first-order chi connectivity index (χ1) is 13.8. The minimum atomic E-state index is -0.152. The van der Waals surface area contributed by atoms with Crippen molar-refractivity contribution in [3.63, 3.8) is 0 Å². The van der Waals surface area contributed by atoms with Crippen LogP contribution in [0.5, 0.6) is 5.75 Å². The van der Waals surface area contributed by atoms with Crippen LogP contribution in [0.2, 0.25) is 15.1 Å². The zero-order valence-electron chi connectivity index (χ0n) is 16.3. The summed E-state index contributed by atoms with van der Waals surface area (Å²) < 4.78 is 7.05. The number of nitrogens with zero attached hydrogens (tertiary/aromatic N) is 4. The molecular formula is C19H24Cl3N5O2. The Morgan fingerprint density at radius 3 is 2.45 bits per heavy atom. The number of amides is 1. The highest BCUT2D eigenvalue weighted by molar-refractivity contribution is 6.40. The molecule has 2 aromatic rings. The first-order valence-corrected chi connectivity index (χ1v) is 10.1. The van der Waals surface area contributed by atoms with E-state index in [-0.39, 0.29) is 18.6 Å². The van der Waals surface area contributed by atoms with Crippen molar-refractivity contribution in [3.8, 4) is 11.8 Å². The van der Waals surface area contributed by atoms with E-state index in [0.29, 0.717) is 40.5 Å². The second-order valence-corrected chi connectivity index (χ2v) is 7.30. The standard InChI is InChI=1S/C15H16Cl3N3O2.C4H8N2/c1-2-4-20(15(22)21-5-3-19-10-21)6-7-23-14-12(17)8-11(16)9-13(14)18;1-4(2-5)3-6/h3,5,8-10H,2,4,6-7H2,1H3;4H,2,5H2,1H3. The van der Waals surface area contributed by atoms with Crippen LogP contribution in [0.1, 0.15) is 20.3 Å². The molecule has 29 heavy (non-hydrogen) atoms. The highest BCUT2D eigenvalue weighted by atomic mass is 35.5. The monoisotopic (exact) mass is 459 g/mol. The summed E-state index contributed by atoms with van der Waals surface area (Å²) in [5.74, 6) is 0.384. The maximum absolute atomic E-state index is 12.3. The topological polar surface area (TPSA) is 97.2 Å². The molecular weight excluding hydrogens is 437 g/mol. The van der Waals surface area contributed by atoms with Crippen molar-refractivity contribution in [1.29, 1.82) is 5.26 Å². The van der Waals surface area contributed by atoms with Gasteiger partial charge in [-0.05, 0) is 25.5 Å². The molecule has 10 heteroatoms. The van der Waals surface area contributed by atoms with Crippen molar-refractivity contribution >= 4 is 40.8 Å². The van der Waals surface area contributed by atoms with E-state index in [0.717, 1.165) is 6.42 Å². The van der Waals surface area contributed by atoms with Crippen LogP contribution in [0.15, 0.2) is 30.9 Å². The second-order valence-electron chi connectivity index (χ2n) is 6.05. The summed E-state index contributed by atoms with van der Waals surface area (Å²) in [6.45, 7) is 5.54. The molecule has 0 saturated carbocycles. The van der Waals surface area contributed by atoms with Gasteiger partial charge in [-0.3, -0.25) is 4.57 Å². The van der Waals surface area contributed by atoms with Crippen molar-refractivity contribution in [3.05, 3.63) is 45.9 Å². The fourth-order valence-electron chi connectivity index (χ4n) is 2.09. The number of hydrogen-bond acceptors (Lipinski definition) is 5. The molecule has 0 aliphatic rings. The van der Waals surface area contributed by atoms with E-state index in [2.05, 4.69) is 4.98 Å². The van der Waals surface area contributed by atoms with Gasteiger partial charge in [0, 0.05) is 30.5 Å². The smallest absolute Gasteiger partial charge is 0.329 e. The molecule has 158 valence electrons. The first-order valence-electron chi connectivity index (χ1n) is 8.98. The van der Waals surface area contributed by atoms with E-state index in [9.17, 15) is 4.79 Å². The molecule has 1 heterocycles. The van der Waals surface area contributed by atoms with Gasteiger partial charge < -0.3 is 15.4 Å². The van der Waals surface area contributed by atoms with Gasteiger partial charge >= 0.3 is 6.03 Å². The molecule has 1 aromatic heterocycles. The van der Waals surface area contributed by atoms with Crippen LogP contribution in [0.3, 0.4) is 0 Å². The van der Waals surface area contributed by atoms with Gasteiger partial charge in [0.2, 0.25) is 0 Å². The Morgan fingerprint density at radius 2 is 2.00 bits per heavy atom. The van der Waals surface area contributed by atoms with Crippen molar-refractivity contribution in [2.75, 3.05) is 26.2 Å². The Labute approximate surface area is 185 Å². The molecule has 2 rings (SSSR count). The van der Waals surface area contributed by atoms with Gasteiger partial charge in [0.1, 0.15) is 12.9 Å². The lowest BCUT2D eigenvalue weighted by atomic mass is 10.2. The molecule has 0 fully saturated rings. The summed E-state index contributed by atoms with van der Waals surface area (Å²) in [6.07, 6.45) is 5.48. The number of ether oxygens (including phenoxy) is 1. The normalized spacial score (nSPS) is 11.1.